The Bertz CT molecular complexity index is 721. The maximum Gasteiger partial charge on any atom is 0.251 e. The Labute approximate surface area is 156 Å². The van der Waals surface area contributed by atoms with E-state index in [1.54, 1.807) is 10.9 Å². The molecule has 3 rings (SSSR count). The van der Waals surface area contributed by atoms with Gasteiger partial charge in [-0.25, -0.2) is 4.68 Å². The van der Waals surface area contributed by atoms with Crippen LogP contribution in [0, 0.1) is 0 Å². The molecule has 1 N–H and O–H groups in total. The predicted octanol–water partition coefficient (Wildman–Crippen LogP) is 2.48. The zero-order valence-corrected chi connectivity index (χ0v) is 16.1. The zero-order chi connectivity index (χ0) is 17.9. The van der Waals surface area contributed by atoms with Gasteiger partial charge < -0.3 is 10.1 Å². The number of carbonyl (C=O) groups excluding carboxylic acids is 1. The number of hydrogen-bond acceptors (Lipinski definition) is 4. The number of carbonyl (C=O) groups is 1. The summed E-state index contributed by atoms with van der Waals surface area (Å²) < 4.78 is 8.07. The minimum Gasteiger partial charge on any atom is -0.379 e. The predicted molar refractivity (Wildman–Crippen MR) is 100 cm³/mol. The van der Waals surface area contributed by atoms with Gasteiger partial charge in [0.25, 0.3) is 5.91 Å². The molecule has 25 heavy (non-hydrogen) atoms. The molecule has 6 nitrogen and oxygen atoms in total. The highest BCUT2D eigenvalue weighted by atomic mass is 79.9. The van der Waals surface area contributed by atoms with Gasteiger partial charge >= 0.3 is 0 Å². The van der Waals surface area contributed by atoms with Gasteiger partial charge in [0.05, 0.1) is 29.6 Å². The lowest BCUT2D eigenvalue weighted by molar-refractivity contribution is -0.00923. The third kappa shape index (κ3) is 4.48. The van der Waals surface area contributed by atoms with E-state index in [4.69, 9.17) is 4.74 Å². The van der Waals surface area contributed by atoms with Crippen molar-refractivity contribution in [1.29, 1.82) is 0 Å². The lowest BCUT2D eigenvalue weighted by Gasteiger charge is -2.40. The minimum atomic E-state index is -0.0965. The first-order valence-electron chi connectivity index (χ1n) is 8.37. The number of morpholine rings is 1. The Kier molecular flexibility index (Phi) is 5.56. The number of halogens is 1. The quantitative estimate of drug-likeness (QED) is 0.828. The molecular weight excluding hydrogens is 384 g/mol. The number of hydrogen-bond donors (Lipinski definition) is 1. The first-order valence-corrected chi connectivity index (χ1v) is 9.17. The molecule has 0 radical (unpaired) electrons. The smallest absolute Gasteiger partial charge is 0.251 e. The minimum absolute atomic E-state index is 0.0606. The van der Waals surface area contributed by atoms with Crippen LogP contribution in [0.5, 0.6) is 0 Å². The number of nitrogens with zero attached hydrogens (tertiary/aromatic N) is 3. The fraction of sp³-hybridized carbons (Fsp3) is 0.444. The van der Waals surface area contributed by atoms with Gasteiger partial charge in [0.15, 0.2) is 0 Å². The van der Waals surface area contributed by atoms with E-state index in [0.29, 0.717) is 12.1 Å². The van der Waals surface area contributed by atoms with Crippen LogP contribution in [-0.2, 0) is 4.74 Å². The molecule has 1 saturated heterocycles. The van der Waals surface area contributed by atoms with Crippen LogP contribution in [0.15, 0.2) is 41.1 Å². The number of nitrogens with one attached hydrogen (secondary N) is 1. The summed E-state index contributed by atoms with van der Waals surface area (Å²) >= 11 is 3.38. The number of ether oxygens (including phenoxy) is 1. The Morgan fingerprint density at radius 3 is 2.56 bits per heavy atom. The number of amides is 1. The van der Waals surface area contributed by atoms with Crippen molar-refractivity contribution < 1.29 is 9.53 Å². The first-order chi connectivity index (χ1) is 12.0. The SMILES string of the molecule is CC(C)(CNC(=O)c1ccc(-n2cc(Br)cn2)cc1)N1CCOCC1. The first kappa shape index (κ1) is 18.1. The highest BCUT2D eigenvalue weighted by Gasteiger charge is 2.28. The maximum absolute atomic E-state index is 12.4. The van der Waals surface area contributed by atoms with Crippen molar-refractivity contribution in [1.82, 2.24) is 20.0 Å². The second-order valence-corrected chi connectivity index (χ2v) is 7.66. The van der Waals surface area contributed by atoms with E-state index >= 15 is 0 Å². The van der Waals surface area contributed by atoms with Crippen molar-refractivity contribution in [3.63, 3.8) is 0 Å². The summed E-state index contributed by atoms with van der Waals surface area (Å²) in [5.74, 6) is -0.0606. The van der Waals surface area contributed by atoms with Gasteiger partial charge in [0.2, 0.25) is 0 Å². The molecule has 1 aliphatic rings. The van der Waals surface area contributed by atoms with Crippen LogP contribution in [0.3, 0.4) is 0 Å². The van der Waals surface area contributed by atoms with Gasteiger partial charge in [-0.3, -0.25) is 9.69 Å². The summed E-state index contributed by atoms with van der Waals surface area (Å²) in [7, 11) is 0. The molecule has 0 saturated carbocycles. The molecule has 2 aromatic rings. The fourth-order valence-electron chi connectivity index (χ4n) is 2.89. The molecule has 2 heterocycles. The summed E-state index contributed by atoms with van der Waals surface area (Å²) in [6, 6.07) is 7.42. The molecule has 1 aromatic heterocycles. The summed E-state index contributed by atoms with van der Waals surface area (Å²) in [5, 5.41) is 7.28. The van der Waals surface area contributed by atoms with Crippen LogP contribution in [0.25, 0.3) is 5.69 Å². The Balaban J connectivity index is 1.59. The maximum atomic E-state index is 12.4. The highest BCUT2D eigenvalue weighted by Crippen LogP contribution is 2.16. The van der Waals surface area contributed by atoms with E-state index < -0.39 is 0 Å². The molecular formula is C18H23BrN4O2. The van der Waals surface area contributed by atoms with Gasteiger partial charge in [-0.1, -0.05) is 0 Å². The zero-order valence-electron chi connectivity index (χ0n) is 14.5. The standard InChI is InChI=1S/C18H23BrN4O2/c1-18(2,22-7-9-25-10-8-22)13-20-17(24)14-3-5-16(6-4-14)23-12-15(19)11-21-23/h3-6,11-12H,7-10,13H2,1-2H3,(H,20,24). The van der Waals surface area contributed by atoms with Crippen molar-refractivity contribution in [3.8, 4) is 5.69 Å². The highest BCUT2D eigenvalue weighted by molar-refractivity contribution is 9.10. The van der Waals surface area contributed by atoms with Crippen LogP contribution >= 0.6 is 15.9 Å². The Morgan fingerprint density at radius 1 is 1.28 bits per heavy atom. The van der Waals surface area contributed by atoms with E-state index in [9.17, 15) is 4.79 Å². The lowest BCUT2D eigenvalue weighted by Crippen LogP contribution is -2.55. The average molecular weight is 407 g/mol. The van der Waals surface area contributed by atoms with E-state index in [1.165, 1.54) is 0 Å². The second kappa shape index (κ2) is 7.68. The van der Waals surface area contributed by atoms with Gasteiger partial charge in [-0.05, 0) is 54.0 Å². The topological polar surface area (TPSA) is 59.4 Å². The van der Waals surface area contributed by atoms with Crippen molar-refractivity contribution in [2.45, 2.75) is 19.4 Å². The van der Waals surface area contributed by atoms with Crippen molar-refractivity contribution >= 4 is 21.8 Å². The Morgan fingerprint density at radius 2 is 1.96 bits per heavy atom. The molecule has 1 fully saturated rings. The molecule has 0 spiro atoms. The van der Waals surface area contributed by atoms with Gasteiger partial charge in [0, 0.05) is 36.9 Å². The van der Waals surface area contributed by atoms with Crippen LogP contribution in [0.4, 0.5) is 0 Å². The van der Waals surface area contributed by atoms with Crippen LogP contribution < -0.4 is 5.32 Å². The number of rotatable bonds is 5. The van der Waals surface area contributed by atoms with Crippen LogP contribution in [0.1, 0.15) is 24.2 Å². The Hall–Kier alpha value is -1.70. The van der Waals surface area contributed by atoms with E-state index in [1.807, 2.05) is 30.5 Å². The largest absolute Gasteiger partial charge is 0.379 e. The van der Waals surface area contributed by atoms with Crippen molar-refractivity contribution in [2.24, 2.45) is 0 Å². The second-order valence-electron chi connectivity index (χ2n) is 6.74. The summed E-state index contributed by atoms with van der Waals surface area (Å²) in [6.07, 6.45) is 3.61. The summed E-state index contributed by atoms with van der Waals surface area (Å²) in [6.45, 7) is 8.20. The van der Waals surface area contributed by atoms with E-state index in [2.05, 4.69) is 45.1 Å². The molecule has 0 bridgehead atoms. The lowest BCUT2D eigenvalue weighted by atomic mass is 10.0. The monoisotopic (exact) mass is 406 g/mol. The summed E-state index contributed by atoms with van der Waals surface area (Å²) in [5.41, 5.74) is 1.46. The molecule has 0 unspecified atom stereocenters. The van der Waals surface area contributed by atoms with Gasteiger partial charge in [0.1, 0.15) is 0 Å². The molecule has 0 atom stereocenters. The van der Waals surface area contributed by atoms with Crippen LogP contribution in [-0.4, -0.2) is 59.0 Å². The van der Waals surface area contributed by atoms with Gasteiger partial charge in [-0.15, -0.1) is 0 Å². The molecule has 0 aliphatic carbocycles. The van der Waals surface area contributed by atoms with E-state index in [-0.39, 0.29) is 11.4 Å². The average Bonchev–Trinajstić information content (AvgIpc) is 3.07. The normalized spacial score (nSPS) is 16.0. The molecule has 1 amide bonds. The summed E-state index contributed by atoms with van der Waals surface area (Å²) in [4.78, 5) is 14.8. The van der Waals surface area contributed by atoms with E-state index in [0.717, 1.165) is 36.5 Å². The number of aromatic nitrogens is 2. The molecule has 7 heteroatoms. The fourth-order valence-corrected chi connectivity index (χ4v) is 3.17. The molecule has 1 aliphatic heterocycles. The molecule has 1 aromatic carbocycles. The van der Waals surface area contributed by atoms with Crippen LogP contribution in [0.2, 0.25) is 0 Å². The number of benzene rings is 1. The van der Waals surface area contributed by atoms with Crippen molar-refractivity contribution in [2.75, 3.05) is 32.8 Å². The third-order valence-corrected chi connectivity index (χ3v) is 4.90. The molecule has 134 valence electrons. The third-order valence-electron chi connectivity index (χ3n) is 4.49. The van der Waals surface area contributed by atoms with Gasteiger partial charge in [-0.2, -0.15) is 5.10 Å². The van der Waals surface area contributed by atoms with Crippen molar-refractivity contribution in [3.05, 3.63) is 46.7 Å².